The van der Waals surface area contributed by atoms with Crippen LogP contribution >= 0.6 is 23.4 Å². The number of nitriles is 1. The van der Waals surface area contributed by atoms with E-state index in [0.717, 1.165) is 11.1 Å². The molecular formula is C24H21ClN2O3S2. The third-order valence-corrected chi connectivity index (χ3v) is 7.73. The summed E-state index contributed by atoms with van der Waals surface area (Å²) in [5, 5.41) is 13.5. The minimum absolute atomic E-state index is 0.0553. The molecule has 0 heterocycles. The summed E-state index contributed by atoms with van der Waals surface area (Å²) in [5.41, 5.74) is 2.65. The number of ether oxygens (including phenoxy) is 1. The predicted molar refractivity (Wildman–Crippen MR) is 130 cm³/mol. The van der Waals surface area contributed by atoms with Gasteiger partial charge in [-0.25, -0.2) is 8.42 Å². The number of methoxy groups -OCH3 is 1. The Morgan fingerprint density at radius 3 is 2.47 bits per heavy atom. The lowest BCUT2D eigenvalue weighted by Crippen LogP contribution is -2.10. The number of rotatable bonds is 8. The summed E-state index contributed by atoms with van der Waals surface area (Å²) in [7, 11) is -2.52. The van der Waals surface area contributed by atoms with Gasteiger partial charge < -0.3 is 10.1 Å². The van der Waals surface area contributed by atoms with Crippen LogP contribution in [-0.2, 0) is 15.6 Å². The Kier molecular flexibility index (Phi) is 7.86. The van der Waals surface area contributed by atoms with Crippen molar-refractivity contribution in [3.05, 3.63) is 98.9 Å². The highest BCUT2D eigenvalue weighted by Gasteiger charge is 2.25. The molecule has 3 aromatic rings. The summed E-state index contributed by atoms with van der Waals surface area (Å²) in [6.45, 7) is 1.99. The van der Waals surface area contributed by atoms with Crippen LogP contribution in [-0.4, -0.2) is 15.5 Å². The lowest BCUT2D eigenvalue weighted by atomic mass is 10.2. The molecule has 1 N–H and O–H groups in total. The summed E-state index contributed by atoms with van der Waals surface area (Å²) < 4.78 is 31.7. The van der Waals surface area contributed by atoms with E-state index in [1.165, 1.54) is 31.0 Å². The number of anilines is 1. The Labute approximate surface area is 197 Å². The fourth-order valence-electron chi connectivity index (χ4n) is 2.94. The normalized spacial score (nSPS) is 11.9. The molecule has 0 aliphatic heterocycles. The first-order chi connectivity index (χ1) is 15.3. The smallest absolute Gasteiger partial charge is 0.219 e. The van der Waals surface area contributed by atoms with Crippen molar-refractivity contribution in [2.45, 2.75) is 17.6 Å². The van der Waals surface area contributed by atoms with Crippen LogP contribution in [0.25, 0.3) is 0 Å². The molecule has 0 aromatic heterocycles. The van der Waals surface area contributed by atoms with Crippen molar-refractivity contribution in [3.8, 4) is 11.8 Å². The average molecular weight is 485 g/mol. The third kappa shape index (κ3) is 5.65. The van der Waals surface area contributed by atoms with Gasteiger partial charge in [-0.05, 0) is 42.8 Å². The maximum Gasteiger partial charge on any atom is 0.219 e. The standard InChI is InChI=1S/C24H21ClN2O3S2/c1-17-7-6-8-18(13-17)16-31-24(27-19-11-12-22(30-2)21(25)14-19)23(15-26)32(28,29)20-9-4-3-5-10-20/h3-14,27H,16H2,1-2H3. The van der Waals surface area contributed by atoms with Crippen molar-refractivity contribution in [3.63, 3.8) is 0 Å². The molecule has 164 valence electrons. The van der Waals surface area contributed by atoms with E-state index < -0.39 is 9.84 Å². The molecule has 0 aliphatic carbocycles. The van der Waals surface area contributed by atoms with Gasteiger partial charge in [-0.15, -0.1) is 11.8 Å². The zero-order chi connectivity index (χ0) is 23.1. The van der Waals surface area contributed by atoms with Crippen LogP contribution in [0.3, 0.4) is 0 Å². The van der Waals surface area contributed by atoms with E-state index in [-0.39, 0.29) is 14.8 Å². The maximum atomic E-state index is 13.2. The van der Waals surface area contributed by atoms with Gasteiger partial charge in [-0.2, -0.15) is 5.26 Å². The van der Waals surface area contributed by atoms with Crippen molar-refractivity contribution >= 4 is 38.9 Å². The summed E-state index contributed by atoms with van der Waals surface area (Å²) >= 11 is 7.47. The Morgan fingerprint density at radius 1 is 1.09 bits per heavy atom. The Balaban J connectivity index is 2.05. The number of aryl methyl sites for hydroxylation is 1. The van der Waals surface area contributed by atoms with Gasteiger partial charge in [0.15, 0.2) is 4.91 Å². The fourth-order valence-corrected chi connectivity index (χ4v) is 5.73. The summed E-state index contributed by atoms with van der Waals surface area (Å²) in [6, 6.07) is 22.7. The molecule has 0 fully saturated rings. The highest BCUT2D eigenvalue weighted by molar-refractivity contribution is 8.04. The lowest BCUT2D eigenvalue weighted by Gasteiger charge is -2.15. The van der Waals surface area contributed by atoms with E-state index in [1.807, 2.05) is 37.3 Å². The number of halogens is 1. The van der Waals surface area contributed by atoms with Gasteiger partial charge in [0, 0.05) is 11.4 Å². The molecule has 0 radical (unpaired) electrons. The second-order valence-corrected chi connectivity index (χ2v) is 10.1. The number of hydrogen-bond donors (Lipinski definition) is 1. The highest BCUT2D eigenvalue weighted by atomic mass is 35.5. The van der Waals surface area contributed by atoms with Gasteiger partial charge in [0.25, 0.3) is 0 Å². The highest BCUT2D eigenvalue weighted by Crippen LogP contribution is 2.33. The molecule has 0 saturated carbocycles. The molecule has 5 nitrogen and oxygen atoms in total. The van der Waals surface area contributed by atoms with Gasteiger partial charge in [-0.3, -0.25) is 0 Å². The Morgan fingerprint density at radius 2 is 1.84 bits per heavy atom. The van der Waals surface area contributed by atoms with Crippen LogP contribution in [0.2, 0.25) is 5.02 Å². The maximum absolute atomic E-state index is 13.2. The molecule has 0 amide bonds. The van der Waals surface area contributed by atoms with Crippen molar-refractivity contribution < 1.29 is 13.2 Å². The van der Waals surface area contributed by atoms with Crippen molar-refractivity contribution in [1.82, 2.24) is 0 Å². The largest absolute Gasteiger partial charge is 0.495 e. The Hall–Kier alpha value is -2.92. The van der Waals surface area contributed by atoms with Crippen LogP contribution in [0, 0.1) is 18.3 Å². The van der Waals surface area contributed by atoms with Crippen molar-refractivity contribution in [2.24, 2.45) is 0 Å². The molecule has 0 saturated heterocycles. The quantitative estimate of drug-likeness (QED) is 0.385. The third-order valence-electron chi connectivity index (χ3n) is 4.51. The second kappa shape index (κ2) is 10.6. The first kappa shape index (κ1) is 23.7. The minimum Gasteiger partial charge on any atom is -0.495 e. The molecule has 0 atom stereocenters. The first-order valence-electron chi connectivity index (χ1n) is 9.58. The number of nitrogens with zero attached hydrogens (tertiary/aromatic N) is 1. The number of benzene rings is 3. The van der Waals surface area contributed by atoms with Gasteiger partial charge in [-0.1, -0.05) is 59.6 Å². The van der Waals surface area contributed by atoms with Crippen LogP contribution in [0.5, 0.6) is 5.75 Å². The molecule has 3 aromatic carbocycles. The minimum atomic E-state index is -4.03. The first-order valence-corrected chi connectivity index (χ1v) is 12.4. The molecular weight excluding hydrogens is 464 g/mol. The van der Waals surface area contributed by atoms with Gasteiger partial charge >= 0.3 is 0 Å². The number of sulfone groups is 1. The lowest BCUT2D eigenvalue weighted by molar-refractivity contribution is 0.415. The van der Waals surface area contributed by atoms with E-state index in [2.05, 4.69) is 5.32 Å². The number of nitrogens with one attached hydrogen (secondary N) is 1. The van der Waals surface area contributed by atoms with Crippen LogP contribution in [0.4, 0.5) is 5.69 Å². The number of allylic oxidation sites excluding steroid dienone is 1. The zero-order valence-corrected chi connectivity index (χ0v) is 19.9. The zero-order valence-electron chi connectivity index (χ0n) is 17.5. The molecule has 3 rings (SSSR count). The van der Waals surface area contributed by atoms with Crippen LogP contribution in [0.15, 0.2) is 87.6 Å². The molecule has 0 spiro atoms. The predicted octanol–water partition coefficient (Wildman–Crippen LogP) is 6.17. The summed E-state index contributed by atoms with van der Waals surface area (Å²) in [4.78, 5) is -0.298. The monoisotopic (exact) mass is 484 g/mol. The Bertz CT molecular complexity index is 1280. The van der Waals surface area contributed by atoms with Crippen molar-refractivity contribution in [2.75, 3.05) is 12.4 Å². The fraction of sp³-hybridized carbons (Fsp3) is 0.125. The molecule has 32 heavy (non-hydrogen) atoms. The van der Waals surface area contributed by atoms with Crippen LogP contribution < -0.4 is 10.1 Å². The number of hydrogen-bond acceptors (Lipinski definition) is 6. The average Bonchev–Trinajstić information content (AvgIpc) is 2.78. The molecule has 0 aliphatic rings. The topological polar surface area (TPSA) is 79.2 Å². The van der Waals surface area contributed by atoms with Gasteiger partial charge in [0.05, 0.1) is 17.0 Å². The van der Waals surface area contributed by atoms with E-state index >= 15 is 0 Å². The van der Waals surface area contributed by atoms with E-state index in [0.29, 0.717) is 22.2 Å². The van der Waals surface area contributed by atoms with Crippen LogP contribution in [0.1, 0.15) is 11.1 Å². The second-order valence-electron chi connectivity index (χ2n) is 6.84. The molecule has 0 unspecified atom stereocenters. The summed E-state index contributed by atoms with van der Waals surface area (Å²) in [6.07, 6.45) is 0. The van der Waals surface area contributed by atoms with Gasteiger partial charge in [0.1, 0.15) is 16.8 Å². The summed E-state index contributed by atoms with van der Waals surface area (Å²) in [5.74, 6) is 0.969. The van der Waals surface area contributed by atoms with Gasteiger partial charge in [0.2, 0.25) is 9.84 Å². The van der Waals surface area contributed by atoms with Crippen molar-refractivity contribution in [1.29, 1.82) is 5.26 Å². The number of thioether (sulfide) groups is 1. The molecule has 0 bridgehead atoms. The SMILES string of the molecule is COc1ccc(NC(SCc2cccc(C)c2)=C(C#N)S(=O)(=O)c2ccccc2)cc1Cl. The van der Waals surface area contributed by atoms with E-state index in [9.17, 15) is 13.7 Å². The van der Waals surface area contributed by atoms with E-state index in [1.54, 1.807) is 36.4 Å². The molecule has 8 heteroatoms. The van der Waals surface area contributed by atoms with E-state index in [4.69, 9.17) is 16.3 Å².